The highest BCUT2D eigenvalue weighted by molar-refractivity contribution is 7.89. The van der Waals surface area contributed by atoms with Crippen LogP contribution in [-0.2, 0) is 16.6 Å². The highest BCUT2D eigenvalue weighted by atomic mass is 32.2. The van der Waals surface area contributed by atoms with Crippen LogP contribution in [0.15, 0.2) is 23.1 Å². The number of methoxy groups -OCH3 is 1. The summed E-state index contributed by atoms with van der Waals surface area (Å²) in [6, 6.07) is 4.84. The minimum Gasteiger partial charge on any atom is -0.496 e. The summed E-state index contributed by atoms with van der Waals surface area (Å²) < 4.78 is 31.6. The Balaban J connectivity index is 2.23. The first-order chi connectivity index (χ1) is 9.48. The lowest BCUT2D eigenvalue weighted by molar-refractivity contribution is 0.263. The number of rotatable bonds is 6. The molecule has 0 spiro atoms. The van der Waals surface area contributed by atoms with Gasteiger partial charge in [-0.1, -0.05) is 6.42 Å². The van der Waals surface area contributed by atoms with Gasteiger partial charge in [0.2, 0.25) is 10.0 Å². The van der Waals surface area contributed by atoms with Gasteiger partial charge in [-0.2, -0.15) is 0 Å². The fraction of sp³-hybridized carbons (Fsp3) is 0.571. The highest BCUT2D eigenvalue weighted by Crippen LogP contribution is 2.29. The van der Waals surface area contributed by atoms with Crippen LogP contribution in [0.1, 0.15) is 24.8 Å². The van der Waals surface area contributed by atoms with Gasteiger partial charge in [0.15, 0.2) is 0 Å². The second-order valence-corrected chi connectivity index (χ2v) is 7.31. The van der Waals surface area contributed by atoms with E-state index in [1.807, 2.05) is 0 Å². The molecule has 0 bridgehead atoms. The molecule has 2 N–H and O–H groups in total. The van der Waals surface area contributed by atoms with Gasteiger partial charge in [-0.15, -0.1) is 0 Å². The van der Waals surface area contributed by atoms with E-state index < -0.39 is 10.0 Å². The van der Waals surface area contributed by atoms with Crippen molar-refractivity contribution in [2.24, 2.45) is 11.7 Å². The number of ether oxygens (including phenoxy) is 1. The van der Waals surface area contributed by atoms with E-state index in [0.29, 0.717) is 23.8 Å². The standard InChI is InChI=1S/C14H22N2O3S/c1-16(10-11-4-3-5-11)20(17,18)13-6-7-14(19-2)12(8-13)9-15/h6-8,11H,3-5,9-10,15H2,1-2H3. The van der Waals surface area contributed by atoms with Crippen molar-refractivity contribution in [3.05, 3.63) is 23.8 Å². The number of sulfonamides is 1. The first-order valence-corrected chi connectivity index (χ1v) is 8.26. The van der Waals surface area contributed by atoms with E-state index in [-0.39, 0.29) is 11.4 Å². The SMILES string of the molecule is COc1ccc(S(=O)(=O)N(C)CC2CCC2)cc1CN. The second kappa shape index (κ2) is 6.11. The monoisotopic (exact) mass is 298 g/mol. The van der Waals surface area contributed by atoms with Crippen molar-refractivity contribution < 1.29 is 13.2 Å². The Morgan fingerprint density at radius 2 is 2.10 bits per heavy atom. The van der Waals surface area contributed by atoms with E-state index in [1.54, 1.807) is 32.4 Å². The molecular weight excluding hydrogens is 276 g/mol. The highest BCUT2D eigenvalue weighted by Gasteiger charge is 2.27. The smallest absolute Gasteiger partial charge is 0.242 e. The molecule has 1 aromatic rings. The van der Waals surface area contributed by atoms with Crippen LogP contribution in [0, 0.1) is 5.92 Å². The van der Waals surface area contributed by atoms with Gasteiger partial charge in [0.1, 0.15) is 5.75 Å². The van der Waals surface area contributed by atoms with Crippen LogP contribution in [0.3, 0.4) is 0 Å². The zero-order valence-corrected chi connectivity index (χ0v) is 12.8. The van der Waals surface area contributed by atoms with Crippen molar-refractivity contribution in [1.82, 2.24) is 4.31 Å². The quantitative estimate of drug-likeness (QED) is 0.865. The maximum absolute atomic E-state index is 12.5. The molecule has 112 valence electrons. The maximum atomic E-state index is 12.5. The number of hydrogen-bond donors (Lipinski definition) is 1. The Kier molecular flexibility index (Phi) is 4.67. The summed E-state index contributed by atoms with van der Waals surface area (Å²) in [4.78, 5) is 0.278. The minimum atomic E-state index is -3.45. The van der Waals surface area contributed by atoms with E-state index in [0.717, 1.165) is 12.8 Å². The van der Waals surface area contributed by atoms with E-state index in [4.69, 9.17) is 10.5 Å². The molecule has 1 aliphatic carbocycles. The molecule has 5 nitrogen and oxygen atoms in total. The number of nitrogens with zero attached hydrogens (tertiary/aromatic N) is 1. The Bertz CT molecular complexity index is 568. The fourth-order valence-electron chi connectivity index (χ4n) is 2.39. The summed E-state index contributed by atoms with van der Waals surface area (Å²) in [5.74, 6) is 1.12. The summed E-state index contributed by atoms with van der Waals surface area (Å²) in [5.41, 5.74) is 6.34. The van der Waals surface area contributed by atoms with Crippen LogP contribution in [0.2, 0.25) is 0 Å². The van der Waals surface area contributed by atoms with Crippen LogP contribution in [0.5, 0.6) is 5.75 Å². The topological polar surface area (TPSA) is 72.6 Å². The van der Waals surface area contributed by atoms with Gasteiger partial charge < -0.3 is 10.5 Å². The van der Waals surface area contributed by atoms with Crippen molar-refractivity contribution in [3.63, 3.8) is 0 Å². The van der Waals surface area contributed by atoms with Gasteiger partial charge in [0, 0.05) is 25.7 Å². The fourth-order valence-corrected chi connectivity index (χ4v) is 3.69. The van der Waals surface area contributed by atoms with Crippen molar-refractivity contribution in [2.75, 3.05) is 20.7 Å². The molecule has 1 saturated carbocycles. The van der Waals surface area contributed by atoms with Crippen molar-refractivity contribution in [1.29, 1.82) is 0 Å². The van der Waals surface area contributed by atoms with Crippen LogP contribution < -0.4 is 10.5 Å². The van der Waals surface area contributed by atoms with Gasteiger partial charge >= 0.3 is 0 Å². The second-order valence-electron chi connectivity index (χ2n) is 5.26. The molecular formula is C14H22N2O3S. The summed E-state index contributed by atoms with van der Waals surface area (Å²) in [6.07, 6.45) is 3.45. The van der Waals surface area contributed by atoms with Crippen molar-refractivity contribution in [3.8, 4) is 5.75 Å². The summed E-state index contributed by atoms with van der Waals surface area (Å²) in [6.45, 7) is 0.838. The van der Waals surface area contributed by atoms with E-state index in [2.05, 4.69) is 0 Å². The molecule has 0 saturated heterocycles. The zero-order valence-electron chi connectivity index (χ0n) is 12.0. The molecule has 0 amide bonds. The lowest BCUT2D eigenvalue weighted by atomic mass is 9.86. The van der Waals surface area contributed by atoms with E-state index in [9.17, 15) is 8.42 Å². The van der Waals surface area contributed by atoms with Crippen molar-refractivity contribution >= 4 is 10.0 Å². The van der Waals surface area contributed by atoms with Crippen LogP contribution in [-0.4, -0.2) is 33.4 Å². The Hall–Kier alpha value is -1.11. The molecule has 1 aromatic carbocycles. The Morgan fingerprint density at radius 3 is 2.60 bits per heavy atom. The number of hydrogen-bond acceptors (Lipinski definition) is 4. The summed E-state index contributed by atoms with van der Waals surface area (Å²) in [7, 11) is -0.260. The predicted molar refractivity (Wildman–Crippen MR) is 78.0 cm³/mol. The van der Waals surface area contributed by atoms with E-state index in [1.165, 1.54) is 10.7 Å². The largest absolute Gasteiger partial charge is 0.496 e. The molecule has 1 aliphatic rings. The number of benzene rings is 1. The third-order valence-electron chi connectivity index (χ3n) is 3.92. The lowest BCUT2D eigenvalue weighted by Gasteiger charge is -2.29. The molecule has 6 heteroatoms. The Morgan fingerprint density at radius 1 is 1.40 bits per heavy atom. The van der Waals surface area contributed by atoms with Gasteiger partial charge in [-0.3, -0.25) is 0 Å². The van der Waals surface area contributed by atoms with Crippen molar-refractivity contribution in [2.45, 2.75) is 30.7 Å². The first kappa shape index (κ1) is 15.3. The third kappa shape index (κ3) is 2.97. The zero-order chi connectivity index (χ0) is 14.8. The maximum Gasteiger partial charge on any atom is 0.242 e. The molecule has 1 fully saturated rings. The molecule has 0 heterocycles. The van der Waals surface area contributed by atoms with Crippen LogP contribution in [0.25, 0.3) is 0 Å². The minimum absolute atomic E-state index is 0.249. The lowest BCUT2D eigenvalue weighted by Crippen LogP contribution is -2.34. The number of nitrogens with two attached hydrogens (primary N) is 1. The molecule has 2 rings (SSSR count). The van der Waals surface area contributed by atoms with Crippen LogP contribution >= 0.6 is 0 Å². The van der Waals surface area contributed by atoms with Gasteiger partial charge in [0.25, 0.3) is 0 Å². The summed E-state index contributed by atoms with van der Waals surface area (Å²) >= 11 is 0. The van der Waals surface area contributed by atoms with Crippen LogP contribution in [0.4, 0.5) is 0 Å². The normalized spacial score (nSPS) is 16.2. The van der Waals surface area contributed by atoms with Gasteiger partial charge in [-0.25, -0.2) is 12.7 Å². The molecule has 0 atom stereocenters. The molecule has 0 aliphatic heterocycles. The average molecular weight is 298 g/mol. The van der Waals surface area contributed by atoms with E-state index >= 15 is 0 Å². The van der Waals surface area contributed by atoms with Gasteiger partial charge in [0.05, 0.1) is 12.0 Å². The predicted octanol–water partition coefficient (Wildman–Crippen LogP) is 1.57. The molecule has 0 unspecified atom stereocenters. The molecule has 0 radical (unpaired) electrons. The Labute approximate surface area is 120 Å². The summed E-state index contributed by atoms with van der Waals surface area (Å²) in [5, 5.41) is 0. The molecule has 0 aromatic heterocycles. The molecule has 20 heavy (non-hydrogen) atoms. The third-order valence-corrected chi connectivity index (χ3v) is 5.74. The average Bonchev–Trinajstić information content (AvgIpc) is 2.41. The first-order valence-electron chi connectivity index (χ1n) is 6.82. The van der Waals surface area contributed by atoms with Gasteiger partial charge in [-0.05, 0) is 37.0 Å².